The van der Waals surface area contributed by atoms with Crippen LogP contribution in [0.3, 0.4) is 0 Å². The fourth-order valence-electron chi connectivity index (χ4n) is 2.10. The minimum atomic E-state index is -0.423. The predicted octanol–water partition coefficient (Wildman–Crippen LogP) is 4.08. The summed E-state index contributed by atoms with van der Waals surface area (Å²) < 4.78 is 0. The first-order valence-electron chi connectivity index (χ1n) is 7.55. The van der Waals surface area contributed by atoms with Crippen LogP contribution in [0.25, 0.3) is 6.08 Å². The number of hydrogen-bond acceptors (Lipinski definition) is 2. The number of halogens is 1. The molecule has 0 saturated heterocycles. The number of amides is 1. The van der Waals surface area contributed by atoms with Gasteiger partial charge < -0.3 is 5.32 Å². The van der Waals surface area contributed by atoms with Gasteiger partial charge in [-0.15, -0.1) is 0 Å². The summed E-state index contributed by atoms with van der Waals surface area (Å²) in [5.41, 5.74) is 2.02. The summed E-state index contributed by atoms with van der Waals surface area (Å²) in [5.74, 6) is -0.423. The van der Waals surface area contributed by atoms with Gasteiger partial charge in [-0.1, -0.05) is 72.3 Å². The minimum absolute atomic E-state index is 0.0137. The molecule has 0 atom stereocenters. The van der Waals surface area contributed by atoms with Gasteiger partial charge in [0.2, 0.25) is 0 Å². The maximum atomic E-state index is 12.1. The topological polar surface area (TPSA) is 52.9 Å². The Bertz CT molecular complexity index is 774. The highest BCUT2D eigenvalue weighted by Crippen LogP contribution is 2.13. The molecule has 0 aliphatic carbocycles. The number of benzene rings is 2. The molecule has 0 heterocycles. The maximum absolute atomic E-state index is 12.1. The van der Waals surface area contributed by atoms with Crippen molar-refractivity contribution in [2.45, 2.75) is 6.42 Å². The SMILES string of the molecule is N#C/C(=C\C(Cl)=C\c1ccccc1)C(=O)NCCc1ccccc1. The molecule has 0 aliphatic rings. The molecule has 0 bridgehead atoms. The largest absolute Gasteiger partial charge is 0.351 e. The molecule has 0 saturated carbocycles. The monoisotopic (exact) mass is 336 g/mol. The van der Waals surface area contributed by atoms with Crippen molar-refractivity contribution in [1.29, 1.82) is 5.26 Å². The zero-order valence-electron chi connectivity index (χ0n) is 13.1. The van der Waals surface area contributed by atoms with E-state index in [1.54, 1.807) is 6.08 Å². The molecule has 0 radical (unpaired) electrons. The molecule has 0 fully saturated rings. The summed E-state index contributed by atoms with van der Waals surface area (Å²) >= 11 is 6.12. The average molecular weight is 337 g/mol. The van der Waals surface area contributed by atoms with Crippen molar-refractivity contribution >= 4 is 23.6 Å². The standard InChI is InChI=1S/C20H17ClN2O/c21-19(13-17-9-5-2-6-10-17)14-18(15-22)20(24)23-12-11-16-7-3-1-4-8-16/h1-10,13-14H,11-12H2,(H,23,24)/b18-14+,19-13-. The average Bonchev–Trinajstić information content (AvgIpc) is 2.61. The van der Waals surface area contributed by atoms with Crippen molar-refractivity contribution < 1.29 is 4.79 Å². The van der Waals surface area contributed by atoms with Gasteiger partial charge in [0.15, 0.2) is 0 Å². The van der Waals surface area contributed by atoms with Crippen LogP contribution in [0.5, 0.6) is 0 Å². The van der Waals surface area contributed by atoms with E-state index in [1.165, 1.54) is 6.08 Å². The van der Waals surface area contributed by atoms with E-state index in [2.05, 4.69) is 5.32 Å². The first-order chi connectivity index (χ1) is 11.7. The van der Waals surface area contributed by atoms with Gasteiger partial charge >= 0.3 is 0 Å². The molecule has 1 amide bonds. The Morgan fingerprint density at radius 1 is 1.08 bits per heavy atom. The Balaban J connectivity index is 1.95. The number of nitrogens with one attached hydrogen (secondary N) is 1. The van der Waals surface area contributed by atoms with Crippen LogP contribution in [0.15, 0.2) is 77.3 Å². The van der Waals surface area contributed by atoms with E-state index in [9.17, 15) is 4.79 Å². The fraction of sp³-hybridized carbons (Fsp3) is 0.100. The minimum Gasteiger partial charge on any atom is -0.351 e. The third-order valence-electron chi connectivity index (χ3n) is 3.29. The van der Waals surface area contributed by atoms with E-state index in [0.29, 0.717) is 18.0 Å². The van der Waals surface area contributed by atoms with Crippen LogP contribution < -0.4 is 5.32 Å². The Morgan fingerprint density at radius 3 is 2.33 bits per heavy atom. The second-order valence-electron chi connectivity index (χ2n) is 5.10. The Morgan fingerprint density at radius 2 is 1.71 bits per heavy atom. The van der Waals surface area contributed by atoms with Crippen LogP contribution in [0.1, 0.15) is 11.1 Å². The Hall–Kier alpha value is -2.83. The molecule has 0 spiro atoms. The van der Waals surface area contributed by atoms with Gasteiger partial charge in [0.05, 0.1) is 0 Å². The molecular formula is C20H17ClN2O. The third-order valence-corrected chi connectivity index (χ3v) is 3.51. The number of nitriles is 1. The predicted molar refractivity (Wildman–Crippen MR) is 97.1 cm³/mol. The van der Waals surface area contributed by atoms with Crippen LogP contribution in [-0.4, -0.2) is 12.5 Å². The summed E-state index contributed by atoms with van der Waals surface area (Å²) in [4.78, 5) is 12.1. The summed E-state index contributed by atoms with van der Waals surface area (Å²) in [6.45, 7) is 0.460. The molecule has 2 aromatic rings. The van der Waals surface area contributed by atoms with E-state index in [4.69, 9.17) is 16.9 Å². The van der Waals surface area contributed by atoms with Crippen LogP contribution >= 0.6 is 11.6 Å². The second-order valence-corrected chi connectivity index (χ2v) is 5.54. The quantitative estimate of drug-likeness (QED) is 0.491. The van der Waals surface area contributed by atoms with Gasteiger partial charge in [0, 0.05) is 11.6 Å². The normalized spacial score (nSPS) is 11.7. The number of hydrogen-bond donors (Lipinski definition) is 1. The molecule has 3 nitrogen and oxygen atoms in total. The van der Waals surface area contributed by atoms with Gasteiger partial charge in [-0.05, 0) is 29.7 Å². The van der Waals surface area contributed by atoms with Gasteiger partial charge in [0.25, 0.3) is 5.91 Å². The molecule has 4 heteroatoms. The molecule has 24 heavy (non-hydrogen) atoms. The van der Waals surface area contributed by atoms with Crippen molar-refractivity contribution in [2.75, 3.05) is 6.54 Å². The van der Waals surface area contributed by atoms with Gasteiger partial charge in [-0.25, -0.2) is 0 Å². The van der Waals surface area contributed by atoms with E-state index < -0.39 is 5.91 Å². The molecule has 0 aliphatic heterocycles. The smallest absolute Gasteiger partial charge is 0.261 e. The molecule has 0 aromatic heterocycles. The molecule has 2 rings (SSSR count). The van der Waals surface area contributed by atoms with E-state index in [0.717, 1.165) is 11.1 Å². The summed E-state index contributed by atoms with van der Waals surface area (Å²) in [7, 11) is 0. The van der Waals surface area contributed by atoms with Crippen LogP contribution in [-0.2, 0) is 11.2 Å². The Kier molecular flexibility index (Phi) is 6.82. The van der Waals surface area contributed by atoms with Crippen molar-refractivity contribution in [2.24, 2.45) is 0 Å². The highest BCUT2D eigenvalue weighted by molar-refractivity contribution is 6.33. The molecule has 120 valence electrons. The molecule has 2 aromatic carbocycles. The van der Waals surface area contributed by atoms with Crippen molar-refractivity contribution in [3.8, 4) is 6.07 Å². The lowest BCUT2D eigenvalue weighted by Crippen LogP contribution is -2.26. The van der Waals surface area contributed by atoms with E-state index >= 15 is 0 Å². The lowest BCUT2D eigenvalue weighted by molar-refractivity contribution is -0.117. The first-order valence-corrected chi connectivity index (χ1v) is 7.93. The number of carbonyl (C=O) groups is 1. The maximum Gasteiger partial charge on any atom is 0.261 e. The summed E-state index contributed by atoms with van der Waals surface area (Å²) in [5, 5.41) is 12.2. The highest BCUT2D eigenvalue weighted by Gasteiger charge is 2.08. The number of rotatable bonds is 6. The lowest BCUT2D eigenvalue weighted by atomic mass is 10.1. The second kappa shape index (κ2) is 9.34. The van der Waals surface area contributed by atoms with Crippen molar-refractivity contribution in [3.63, 3.8) is 0 Å². The zero-order valence-corrected chi connectivity index (χ0v) is 13.8. The Labute approximate surface area is 146 Å². The van der Waals surface area contributed by atoms with Gasteiger partial charge in [-0.3, -0.25) is 4.79 Å². The summed E-state index contributed by atoms with van der Waals surface area (Å²) in [6.07, 6.45) is 3.79. The summed E-state index contributed by atoms with van der Waals surface area (Å²) in [6, 6.07) is 21.2. The number of nitrogens with zero attached hydrogens (tertiary/aromatic N) is 1. The van der Waals surface area contributed by atoms with E-state index in [1.807, 2.05) is 66.7 Å². The fourth-order valence-corrected chi connectivity index (χ4v) is 2.33. The van der Waals surface area contributed by atoms with Crippen LogP contribution in [0.2, 0.25) is 0 Å². The number of carbonyl (C=O) groups excluding carboxylic acids is 1. The molecular weight excluding hydrogens is 320 g/mol. The lowest BCUT2D eigenvalue weighted by Gasteiger charge is -2.04. The number of allylic oxidation sites excluding steroid dienone is 2. The zero-order chi connectivity index (χ0) is 17.2. The molecule has 1 N–H and O–H groups in total. The molecule has 0 unspecified atom stereocenters. The van der Waals surface area contributed by atoms with Crippen molar-refractivity contribution in [1.82, 2.24) is 5.32 Å². The van der Waals surface area contributed by atoms with Crippen molar-refractivity contribution in [3.05, 3.63) is 88.5 Å². The first kappa shape index (κ1) is 17.5. The van der Waals surface area contributed by atoms with Crippen LogP contribution in [0.4, 0.5) is 0 Å². The van der Waals surface area contributed by atoms with Gasteiger partial charge in [0.1, 0.15) is 11.6 Å². The highest BCUT2D eigenvalue weighted by atomic mass is 35.5. The van der Waals surface area contributed by atoms with E-state index in [-0.39, 0.29) is 5.57 Å². The van der Waals surface area contributed by atoms with Gasteiger partial charge in [-0.2, -0.15) is 5.26 Å². The van der Waals surface area contributed by atoms with Crippen LogP contribution in [0, 0.1) is 11.3 Å². The third kappa shape index (κ3) is 5.75.